The summed E-state index contributed by atoms with van der Waals surface area (Å²) in [5, 5.41) is 18.4. The van der Waals surface area contributed by atoms with Crippen molar-refractivity contribution < 1.29 is 9.50 Å². The first-order valence-electron chi connectivity index (χ1n) is 8.54. The molecule has 1 fully saturated rings. The predicted molar refractivity (Wildman–Crippen MR) is 93.5 cm³/mol. The van der Waals surface area contributed by atoms with Crippen LogP contribution >= 0.6 is 0 Å². The van der Waals surface area contributed by atoms with Crippen molar-refractivity contribution >= 4 is 10.9 Å². The van der Waals surface area contributed by atoms with Crippen LogP contribution in [0.5, 0.6) is 0 Å². The molecule has 0 saturated carbocycles. The van der Waals surface area contributed by atoms with Crippen LogP contribution in [0.2, 0.25) is 0 Å². The summed E-state index contributed by atoms with van der Waals surface area (Å²) in [6, 6.07) is 10.8. The number of fused-ring (bicyclic) bond motifs is 1. The van der Waals surface area contributed by atoms with Crippen molar-refractivity contribution in [1.29, 1.82) is 0 Å². The van der Waals surface area contributed by atoms with E-state index in [2.05, 4.69) is 20.1 Å². The highest BCUT2D eigenvalue weighted by molar-refractivity contribution is 5.79. The lowest BCUT2D eigenvalue weighted by atomic mass is 10.0. The third kappa shape index (κ3) is 3.41. The van der Waals surface area contributed by atoms with Gasteiger partial charge in [0.15, 0.2) is 0 Å². The van der Waals surface area contributed by atoms with Gasteiger partial charge in [0.25, 0.3) is 0 Å². The first-order chi connectivity index (χ1) is 12.1. The van der Waals surface area contributed by atoms with Crippen molar-refractivity contribution in [2.24, 2.45) is 5.92 Å². The van der Waals surface area contributed by atoms with E-state index in [4.69, 9.17) is 0 Å². The molecular formula is C19H21FN4O. The van der Waals surface area contributed by atoms with Crippen LogP contribution in [0, 0.1) is 18.7 Å². The Kier molecular flexibility index (Phi) is 4.23. The molecule has 0 aliphatic carbocycles. The van der Waals surface area contributed by atoms with Gasteiger partial charge in [-0.2, -0.15) is 5.10 Å². The SMILES string of the molecule is Cc1cc(C[C@@H]2CN(Cc3ccc4cccc(F)c4n3)C[C@@H]2O)n[nH]1. The van der Waals surface area contributed by atoms with Gasteiger partial charge < -0.3 is 5.11 Å². The normalized spacial score (nSPS) is 21.2. The average Bonchev–Trinajstić information content (AvgIpc) is 3.14. The lowest BCUT2D eigenvalue weighted by Crippen LogP contribution is -2.22. The number of pyridine rings is 1. The number of benzene rings is 1. The van der Waals surface area contributed by atoms with Crippen LogP contribution in [0.3, 0.4) is 0 Å². The van der Waals surface area contributed by atoms with Crippen LogP contribution in [0.25, 0.3) is 10.9 Å². The second kappa shape index (κ2) is 6.54. The van der Waals surface area contributed by atoms with Gasteiger partial charge >= 0.3 is 0 Å². The molecule has 2 atom stereocenters. The zero-order valence-electron chi connectivity index (χ0n) is 14.1. The first-order valence-corrected chi connectivity index (χ1v) is 8.54. The summed E-state index contributed by atoms with van der Waals surface area (Å²) >= 11 is 0. The molecule has 25 heavy (non-hydrogen) atoms. The number of para-hydroxylation sites is 1. The Labute approximate surface area is 145 Å². The standard InChI is InChI=1S/C19H21FN4O/c1-12-7-16(23-22-12)8-14-9-24(11-18(14)25)10-15-6-5-13-3-2-4-17(20)19(13)21-15/h2-7,14,18,25H,8-11H2,1H3,(H,22,23)/t14-,18+/m1/s1. The predicted octanol–water partition coefficient (Wildman–Crippen LogP) is 2.44. The molecule has 6 heteroatoms. The number of nitrogens with zero attached hydrogens (tertiary/aromatic N) is 3. The number of aromatic amines is 1. The number of aromatic nitrogens is 3. The topological polar surface area (TPSA) is 65.0 Å². The van der Waals surface area contributed by atoms with E-state index in [1.165, 1.54) is 6.07 Å². The maximum atomic E-state index is 13.9. The molecule has 0 unspecified atom stereocenters. The fourth-order valence-electron chi connectivity index (χ4n) is 3.59. The van der Waals surface area contributed by atoms with Gasteiger partial charge in [0.1, 0.15) is 11.3 Å². The third-order valence-corrected chi connectivity index (χ3v) is 4.83. The minimum absolute atomic E-state index is 0.153. The van der Waals surface area contributed by atoms with E-state index in [1.807, 2.05) is 31.2 Å². The lowest BCUT2D eigenvalue weighted by Gasteiger charge is -2.15. The van der Waals surface area contributed by atoms with Gasteiger partial charge in [0, 0.05) is 36.6 Å². The van der Waals surface area contributed by atoms with Crippen molar-refractivity contribution in [3.63, 3.8) is 0 Å². The molecule has 4 rings (SSSR count). The second-order valence-electron chi connectivity index (χ2n) is 6.88. The monoisotopic (exact) mass is 340 g/mol. The van der Waals surface area contributed by atoms with Crippen molar-refractivity contribution in [3.8, 4) is 0 Å². The molecule has 2 N–H and O–H groups in total. The van der Waals surface area contributed by atoms with Gasteiger partial charge in [-0.1, -0.05) is 18.2 Å². The highest BCUT2D eigenvalue weighted by Gasteiger charge is 2.32. The van der Waals surface area contributed by atoms with Crippen molar-refractivity contribution in [2.75, 3.05) is 13.1 Å². The van der Waals surface area contributed by atoms with Gasteiger partial charge in [-0.05, 0) is 31.5 Å². The summed E-state index contributed by atoms with van der Waals surface area (Å²) in [6.45, 7) is 3.96. The Bertz CT molecular complexity index is 894. The summed E-state index contributed by atoms with van der Waals surface area (Å²) in [5.74, 6) is -0.146. The summed E-state index contributed by atoms with van der Waals surface area (Å²) < 4.78 is 13.9. The molecule has 1 aliphatic rings. The zero-order valence-corrected chi connectivity index (χ0v) is 14.1. The lowest BCUT2D eigenvalue weighted by molar-refractivity contribution is 0.140. The van der Waals surface area contributed by atoms with Crippen LogP contribution in [-0.4, -0.2) is 44.4 Å². The number of aryl methyl sites for hydroxylation is 1. The van der Waals surface area contributed by atoms with Gasteiger partial charge in [0.05, 0.1) is 17.5 Å². The van der Waals surface area contributed by atoms with E-state index in [9.17, 15) is 9.50 Å². The average molecular weight is 340 g/mol. The van der Waals surface area contributed by atoms with Crippen LogP contribution in [0.1, 0.15) is 17.1 Å². The molecule has 0 radical (unpaired) electrons. The van der Waals surface area contributed by atoms with Crippen molar-refractivity contribution in [2.45, 2.75) is 26.0 Å². The number of nitrogens with one attached hydrogen (secondary N) is 1. The van der Waals surface area contributed by atoms with Crippen molar-refractivity contribution in [3.05, 3.63) is 59.3 Å². The molecular weight excluding hydrogens is 319 g/mol. The van der Waals surface area contributed by atoms with E-state index in [0.29, 0.717) is 18.6 Å². The molecule has 130 valence electrons. The van der Waals surface area contributed by atoms with Gasteiger partial charge in [-0.3, -0.25) is 10.00 Å². The quantitative estimate of drug-likeness (QED) is 0.766. The van der Waals surface area contributed by atoms with E-state index < -0.39 is 0 Å². The zero-order chi connectivity index (χ0) is 17.4. The highest BCUT2D eigenvalue weighted by atomic mass is 19.1. The summed E-state index contributed by atoms with van der Waals surface area (Å²) in [5.41, 5.74) is 3.24. The minimum Gasteiger partial charge on any atom is -0.391 e. The van der Waals surface area contributed by atoms with Gasteiger partial charge in [0.2, 0.25) is 0 Å². The number of H-pyrrole nitrogens is 1. The summed E-state index contributed by atoms with van der Waals surface area (Å²) in [6.07, 6.45) is 0.371. The fourth-order valence-corrected chi connectivity index (χ4v) is 3.59. The van der Waals surface area contributed by atoms with Crippen LogP contribution in [0.15, 0.2) is 36.4 Å². The third-order valence-electron chi connectivity index (χ3n) is 4.83. The Hall–Kier alpha value is -2.31. The van der Waals surface area contributed by atoms with Crippen LogP contribution in [-0.2, 0) is 13.0 Å². The first kappa shape index (κ1) is 16.2. The number of hydrogen-bond acceptors (Lipinski definition) is 4. The molecule has 5 nitrogen and oxygen atoms in total. The molecule has 1 saturated heterocycles. The molecule has 0 bridgehead atoms. The molecule has 2 aromatic heterocycles. The highest BCUT2D eigenvalue weighted by Crippen LogP contribution is 2.23. The Morgan fingerprint density at radius 1 is 1.24 bits per heavy atom. The number of rotatable bonds is 4. The number of β-amino-alcohol motifs (C(OH)–C–C–N with tert-alkyl or cyclic N) is 1. The minimum atomic E-state index is -0.380. The molecule has 0 amide bonds. The largest absolute Gasteiger partial charge is 0.391 e. The van der Waals surface area contributed by atoms with E-state index >= 15 is 0 Å². The number of aliphatic hydroxyl groups is 1. The molecule has 1 aliphatic heterocycles. The Morgan fingerprint density at radius 2 is 2.12 bits per heavy atom. The number of hydrogen-bond donors (Lipinski definition) is 2. The molecule has 0 spiro atoms. The van der Waals surface area contributed by atoms with E-state index in [1.54, 1.807) is 6.07 Å². The number of halogens is 1. The fraction of sp³-hybridized carbons (Fsp3) is 0.368. The Morgan fingerprint density at radius 3 is 2.92 bits per heavy atom. The van der Waals surface area contributed by atoms with Crippen LogP contribution < -0.4 is 0 Å². The molecule has 1 aromatic carbocycles. The van der Waals surface area contributed by atoms with E-state index in [-0.39, 0.29) is 17.8 Å². The smallest absolute Gasteiger partial charge is 0.149 e. The maximum absolute atomic E-state index is 13.9. The number of likely N-dealkylation sites (tertiary alicyclic amines) is 1. The Balaban J connectivity index is 1.45. The van der Waals surface area contributed by atoms with Gasteiger partial charge in [-0.25, -0.2) is 9.37 Å². The summed E-state index contributed by atoms with van der Waals surface area (Å²) in [4.78, 5) is 6.63. The number of aliphatic hydroxyl groups excluding tert-OH is 1. The maximum Gasteiger partial charge on any atom is 0.149 e. The van der Waals surface area contributed by atoms with E-state index in [0.717, 1.165) is 35.4 Å². The van der Waals surface area contributed by atoms with Crippen LogP contribution in [0.4, 0.5) is 4.39 Å². The van der Waals surface area contributed by atoms with Crippen molar-refractivity contribution in [1.82, 2.24) is 20.1 Å². The summed E-state index contributed by atoms with van der Waals surface area (Å²) in [7, 11) is 0. The second-order valence-corrected chi connectivity index (χ2v) is 6.88. The molecule has 3 heterocycles. The van der Waals surface area contributed by atoms with Gasteiger partial charge in [-0.15, -0.1) is 0 Å². The molecule has 3 aromatic rings.